The number of carbonyl (C=O) groups is 1. The summed E-state index contributed by atoms with van der Waals surface area (Å²) in [5, 5.41) is 0. The molecule has 1 aromatic rings. The van der Waals surface area contributed by atoms with E-state index in [1.165, 1.54) is 0 Å². The zero-order chi connectivity index (χ0) is 9.68. The molecule has 4 heteroatoms. The summed E-state index contributed by atoms with van der Waals surface area (Å²) >= 11 is 0. The van der Waals surface area contributed by atoms with Crippen LogP contribution >= 0.6 is 0 Å². The van der Waals surface area contributed by atoms with Gasteiger partial charge in [0.1, 0.15) is 11.8 Å². The summed E-state index contributed by atoms with van der Waals surface area (Å²) in [6.45, 7) is 2.10. The second-order valence-corrected chi connectivity index (χ2v) is 2.64. The Hall–Kier alpha value is -1.29. The molecule has 1 heterocycles. The van der Waals surface area contributed by atoms with Crippen molar-refractivity contribution in [1.29, 1.82) is 0 Å². The molecule has 1 atom stereocenters. The smallest absolute Gasteiger partial charge is 0.323 e. The van der Waals surface area contributed by atoms with Gasteiger partial charge in [0.05, 0.1) is 12.9 Å². The Morgan fingerprint density at radius 1 is 1.77 bits per heavy atom. The number of rotatable bonds is 4. The van der Waals surface area contributed by atoms with Gasteiger partial charge in [0, 0.05) is 6.42 Å². The van der Waals surface area contributed by atoms with Crippen molar-refractivity contribution in [2.75, 3.05) is 6.61 Å². The molecular formula is C9H13NO3. The summed E-state index contributed by atoms with van der Waals surface area (Å²) in [7, 11) is 0. The lowest BCUT2D eigenvalue weighted by Crippen LogP contribution is -2.34. The largest absolute Gasteiger partial charge is 0.469 e. The van der Waals surface area contributed by atoms with E-state index in [0.717, 1.165) is 0 Å². The summed E-state index contributed by atoms with van der Waals surface area (Å²) in [4.78, 5) is 11.1. The van der Waals surface area contributed by atoms with E-state index in [1.54, 1.807) is 25.3 Å². The number of carbonyl (C=O) groups excluding carboxylic acids is 1. The van der Waals surface area contributed by atoms with E-state index in [2.05, 4.69) is 0 Å². The molecule has 0 saturated heterocycles. The number of nitrogens with two attached hydrogens (primary N) is 1. The van der Waals surface area contributed by atoms with Crippen molar-refractivity contribution in [3.63, 3.8) is 0 Å². The average Bonchev–Trinajstić information content (AvgIpc) is 2.57. The van der Waals surface area contributed by atoms with Gasteiger partial charge in [-0.15, -0.1) is 0 Å². The predicted octanol–water partition coefficient (Wildman–Crippen LogP) is 0.712. The van der Waals surface area contributed by atoms with Gasteiger partial charge < -0.3 is 14.9 Å². The van der Waals surface area contributed by atoms with Crippen molar-refractivity contribution in [1.82, 2.24) is 0 Å². The van der Waals surface area contributed by atoms with Crippen molar-refractivity contribution in [2.24, 2.45) is 5.73 Å². The van der Waals surface area contributed by atoms with Crippen LogP contribution in [0.5, 0.6) is 0 Å². The van der Waals surface area contributed by atoms with Crippen LogP contribution in [0.4, 0.5) is 0 Å². The van der Waals surface area contributed by atoms with Gasteiger partial charge in [0.2, 0.25) is 0 Å². The molecule has 0 saturated carbocycles. The molecule has 0 spiro atoms. The molecule has 0 bridgehead atoms. The lowest BCUT2D eigenvalue weighted by atomic mass is 10.2. The van der Waals surface area contributed by atoms with Crippen molar-refractivity contribution in [2.45, 2.75) is 19.4 Å². The summed E-state index contributed by atoms with van der Waals surface area (Å²) in [6.07, 6.45) is 1.93. The number of furan rings is 1. The highest BCUT2D eigenvalue weighted by Crippen LogP contribution is 2.03. The average molecular weight is 183 g/mol. The molecule has 2 N–H and O–H groups in total. The van der Waals surface area contributed by atoms with Crippen molar-refractivity contribution in [3.8, 4) is 0 Å². The monoisotopic (exact) mass is 183 g/mol. The van der Waals surface area contributed by atoms with Crippen LogP contribution in [0.3, 0.4) is 0 Å². The molecule has 1 aromatic heterocycles. The maximum absolute atomic E-state index is 11.1. The van der Waals surface area contributed by atoms with Gasteiger partial charge in [-0.2, -0.15) is 0 Å². The number of hydrogen-bond acceptors (Lipinski definition) is 4. The van der Waals surface area contributed by atoms with Gasteiger partial charge >= 0.3 is 5.97 Å². The molecule has 13 heavy (non-hydrogen) atoms. The first-order chi connectivity index (χ1) is 6.24. The Labute approximate surface area is 76.7 Å². The van der Waals surface area contributed by atoms with E-state index in [9.17, 15) is 4.79 Å². The molecule has 0 aromatic carbocycles. The van der Waals surface area contributed by atoms with Crippen molar-refractivity contribution >= 4 is 5.97 Å². The Morgan fingerprint density at radius 2 is 2.54 bits per heavy atom. The van der Waals surface area contributed by atoms with Crippen molar-refractivity contribution < 1.29 is 13.9 Å². The topological polar surface area (TPSA) is 65.5 Å². The minimum atomic E-state index is -0.633. The third kappa shape index (κ3) is 2.91. The Bertz CT molecular complexity index is 256. The maximum atomic E-state index is 11.1. The molecule has 0 amide bonds. The third-order valence-electron chi connectivity index (χ3n) is 1.59. The fraction of sp³-hybridized carbons (Fsp3) is 0.444. The summed E-state index contributed by atoms with van der Waals surface area (Å²) in [5.74, 6) is 0.305. The lowest BCUT2D eigenvalue weighted by Gasteiger charge is -2.07. The van der Waals surface area contributed by atoms with E-state index < -0.39 is 6.04 Å². The SMILES string of the molecule is CCOC(=O)[C@H](N)Cc1ccco1. The van der Waals surface area contributed by atoms with E-state index in [4.69, 9.17) is 14.9 Å². The molecule has 0 aliphatic carbocycles. The van der Waals surface area contributed by atoms with Gasteiger partial charge in [-0.3, -0.25) is 4.79 Å². The van der Waals surface area contributed by atoms with Crippen LogP contribution < -0.4 is 5.73 Å². The fourth-order valence-electron chi connectivity index (χ4n) is 0.978. The molecule has 4 nitrogen and oxygen atoms in total. The van der Waals surface area contributed by atoms with Crippen LogP contribution in [0, 0.1) is 0 Å². The molecule has 0 fully saturated rings. The van der Waals surface area contributed by atoms with E-state index in [1.807, 2.05) is 0 Å². The van der Waals surface area contributed by atoms with Crippen LogP contribution in [-0.2, 0) is 16.0 Å². The first-order valence-corrected chi connectivity index (χ1v) is 4.18. The minimum absolute atomic E-state index is 0.352. The summed E-state index contributed by atoms with van der Waals surface area (Å²) in [5.41, 5.74) is 5.56. The molecule has 0 unspecified atom stereocenters. The summed E-state index contributed by atoms with van der Waals surface area (Å²) < 4.78 is 9.79. The highest BCUT2D eigenvalue weighted by atomic mass is 16.5. The molecule has 72 valence electrons. The van der Waals surface area contributed by atoms with Gasteiger partial charge in [0.15, 0.2) is 0 Å². The van der Waals surface area contributed by atoms with Crippen LogP contribution in [-0.4, -0.2) is 18.6 Å². The van der Waals surface area contributed by atoms with E-state index in [-0.39, 0.29) is 5.97 Å². The van der Waals surface area contributed by atoms with Crippen LogP contribution in [0.25, 0.3) is 0 Å². The van der Waals surface area contributed by atoms with Crippen LogP contribution in [0.1, 0.15) is 12.7 Å². The van der Waals surface area contributed by atoms with Gasteiger partial charge in [-0.05, 0) is 19.1 Å². The second kappa shape index (κ2) is 4.67. The lowest BCUT2D eigenvalue weighted by molar-refractivity contribution is -0.144. The quantitative estimate of drug-likeness (QED) is 0.698. The first-order valence-electron chi connectivity index (χ1n) is 4.18. The highest BCUT2D eigenvalue weighted by Gasteiger charge is 2.15. The second-order valence-electron chi connectivity index (χ2n) is 2.64. The van der Waals surface area contributed by atoms with E-state index in [0.29, 0.717) is 18.8 Å². The Kier molecular flexibility index (Phi) is 3.52. The predicted molar refractivity (Wildman–Crippen MR) is 47.0 cm³/mol. The Balaban J connectivity index is 2.41. The molecule has 0 radical (unpaired) electrons. The van der Waals surface area contributed by atoms with Crippen molar-refractivity contribution in [3.05, 3.63) is 24.2 Å². The van der Waals surface area contributed by atoms with Gasteiger partial charge in [0.25, 0.3) is 0 Å². The molecule has 0 aliphatic rings. The van der Waals surface area contributed by atoms with Crippen LogP contribution in [0.2, 0.25) is 0 Å². The standard InChI is InChI=1S/C9H13NO3/c1-2-12-9(11)8(10)6-7-4-3-5-13-7/h3-5,8H,2,6,10H2,1H3/t8-/m1/s1. The van der Waals surface area contributed by atoms with Gasteiger partial charge in [-0.1, -0.05) is 0 Å². The zero-order valence-electron chi connectivity index (χ0n) is 7.53. The summed E-state index contributed by atoms with van der Waals surface area (Å²) in [6, 6.07) is 2.90. The number of ether oxygens (including phenoxy) is 1. The number of hydrogen-bond donors (Lipinski definition) is 1. The molecule has 1 rings (SSSR count). The highest BCUT2D eigenvalue weighted by molar-refractivity contribution is 5.75. The van der Waals surface area contributed by atoms with E-state index >= 15 is 0 Å². The number of esters is 1. The fourth-order valence-corrected chi connectivity index (χ4v) is 0.978. The molecule has 0 aliphatic heterocycles. The minimum Gasteiger partial charge on any atom is -0.469 e. The van der Waals surface area contributed by atoms with Crippen LogP contribution in [0.15, 0.2) is 22.8 Å². The Morgan fingerprint density at radius 3 is 3.08 bits per heavy atom. The molecular weight excluding hydrogens is 170 g/mol. The maximum Gasteiger partial charge on any atom is 0.323 e. The van der Waals surface area contributed by atoms with Gasteiger partial charge in [-0.25, -0.2) is 0 Å². The first kappa shape index (κ1) is 9.80. The zero-order valence-corrected chi connectivity index (χ0v) is 7.53. The normalized spacial score (nSPS) is 12.5. The third-order valence-corrected chi connectivity index (χ3v) is 1.59.